The maximum Gasteiger partial charge on any atom is 0.252 e. The van der Waals surface area contributed by atoms with Crippen molar-refractivity contribution in [3.8, 4) is 10.4 Å². The molecule has 0 spiro atoms. The van der Waals surface area contributed by atoms with Crippen LogP contribution in [0.15, 0.2) is 18.2 Å². The molecular weight excluding hydrogens is 296 g/mol. The van der Waals surface area contributed by atoms with Gasteiger partial charge in [-0.3, -0.25) is 9.59 Å². The van der Waals surface area contributed by atoms with Gasteiger partial charge in [0.15, 0.2) is 0 Å². The molecule has 0 fully saturated rings. The van der Waals surface area contributed by atoms with E-state index in [1.165, 1.54) is 29.4 Å². The molecule has 2 aromatic rings. The monoisotopic (exact) mass is 314 g/mol. The highest BCUT2D eigenvalue weighted by molar-refractivity contribution is 7.20. The Labute approximate surface area is 133 Å². The topological polar surface area (TPSA) is 72.2 Å². The van der Waals surface area contributed by atoms with Gasteiger partial charge in [-0.05, 0) is 42.9 Å². The predicted octanol–water partition coefficient (Wildman–Crippen LogP) is 3.27. The van der Waals surface area contributed by atoms with Crippen LogP contribution in [0.1, 0.15) is 40.4 Å². The fraction of sp³-hybridized carbons (Fsp3) is 0.294. The lowest BCUT2D eigenvalue weighted by atomic mass is 10.0. The molecule has 4 nitrogen and oxygen atoms in total. The summed E-state index contributed by atoms with van der Waals surface area (Å²) in [5, 5.41) is 3.33. The van der Waals surface area contributed by atoms with Crippen LogP contribution in [0.2, 0.25) is 0 Å². The molecule has 0 saturated heterocycles. The Morgan fingerprint density at radius 1 is 1.27 bits per heavy atom. The molecule has 0 bridgehead atoms. The van der Waals surface area contributed by atoms with Crippen LogP contribution in [0.4, 0.5) is 5.00 Å². The van der Waals surface area contributed by atoms with Gasteiger partial charge in [-0.2, -0.15) is 0 Å². The first-order valence-electron chi connectivity index (χ1n) is 7.30. The van der Waals surface area contributed by atoms with E-state index < -0.39 is 5.91 Å². The van der Waals surface area contributed by atoms with Gasteiger partial charge in [0.2, 0.25) is 5.91 Å². The van der Waals surface area contributed by atoms with Gasteiger partial charge in [-0.15, -0.1) is 11.3 Å². The van der Waals surface area contributed by atoms with E-state index in [1.807, 2.05) is 0 Å². The van der Waals surface area contributed by atoms with E-state index in [-0.39, 0.29) is 5.91 Å². The van der Waals surface area contributed by atoms with Crippen molar-refractivity contribution in [2.45, 2.75) is 33.1 Å². The second-order valence-corrected chi connectivity index (χ2v) is 6.69. The molecule has 5 heteroatoms. The number of carbonyl (C=O) groups excluding carboxylic acids is 2. The maximum atomic E-state index is 11.9. The second-order valence-electron chi connectivity index (χ2n) is 5.67. The number of nitrogens with two attached hydrogens (primary N) is 1. The maximum absolute atomic E-state index is 11.9. The zero-order chi connectivity index (χ0) is 15.9. The van der Waals surface area contributed by atoms with Gasteiger partial charge >= 0.3 is 0 Å². The number of thiophene rings is 1. The third-order valence-electron chi connectivity index (χ3n) is 3.93. The van der Waals surface area contributed by atoms with Gasteiger partial charge in [0.1, 0.15) is 5.00 Å². The molecule has 114 valence electrons. The van der Waals surface area contributed by atoms with Crippen molar-refractivity contribution in [1.82, 2.24) is 0 Å². The van der Waals surface area contributed by atoms with E-state index >= 15 is 0 Å². The van der Waals surface area contributed by atoms with Gasteiger partial charge in [0.25, 0.3) is 5.91 Å². The van der Waals surface area contributed by atoms with Crippen molar-refractivity contribution in [3.63, 3.8) is 0 Å². The number of carbonyl (C=O) groups is 2. The third-order valence-corrected chi connectivity index (χ3v) is 5.11. The SMILES string of the molecule is CC(=O)Nc1sc2c(c1C(N)=O)CCCc1ccc(C)cc1-2. The van der Waals surface area contributed by atoms with Crippen LogP contribution in [-0.2, 0) is 17.6 Å². The minimum Gasteiger partial charge on any atom is -0.365 e. The highest BCUT2D eigenvalue weighted by Gasteiger charge is 2.26. The molecule has 0 saturated carbocycles. The molecule has 3 rings (SSSR count). The van der Waals surface area contributed by atoms with Crippen molar-refractivity contribution < 1.29 is 9.59 Å². The molecule has 1 aliphatic carbocycles. The number of benzene rings is 1. The van der Waals surface area contributed by atoms with Crippen LogP contribution in [0.25, 0.3) is 10.4 Å². The van der Waals surface area contributed by atoms with Crippen LogP contribution < -0.4 is 11.1 Å². The standard InChI is InChI=1S/C17H18N2O2S/c1-9-6-7-11-4-3-5-12-14(16(18)21)17(19-10(2)20)22-15(12)13(11)8-9/h6-8H,3-5H2,1-2H3,(H2,18,21)(H,19,20). The summed E-state index contributed by atoms with van der Waals surface area (Å²) in [6, 6.07) is 6.42. The molecule has 2 amide bonds. The first kappa shape index (κ1) is 14.8. The summed E-state index contributed by atoms with van der Waals surface area (Å²) in [6.45, 7) is 3.50. The van der Waals surface area contributed by atoms with Gasteiger partial charge in [-0.25, -0.2) is 0 Å². The van der Waals surface area contributed by atoms with Crippen LogP contribution in [-0.4, -0.2) is 11.8 Å². The fourth-order valence-corrected chi connectivity index (χ4v) is 4.36. The molecule has 1 heterocycles. The summed E-state index contributed by atoms with van der Waals surface area (Å²) in [5.41, 5.74) is 10.7. The first-order valence-corrected chi connectivity index (χ1v) is 8.12. The number of anilines is 1. The zero-order valence-electron chi connectivity index (χ0n) is 12.7. The predicted molar refractivity (Wildman–Crippen MR) is 89.3 cm³/mol. The van der Waals surface area contributed by atoms with Crippen LogP contribution >= 0.6 is 11.3 Å². The summed E-state index contributed by atoms with van der Waals surface area (Å²) >= 11 is 1.45. The van der Waals surface area contributed by atoms with Crippen LogP contribution in [0, 0.1) is 6.92 Å². The van der Waals surface area contributed by atoms with Crippen molar-refractivity contribution >= 4 is 28.2 Å². The summed E-state index contributed by atoms with van der Waals surface area (Å²) in [7, 11) is 0. The van der Waals surface area contributed by atoms with E-state index in [4.69, 9.17) is 5.73 Å². The molecule has 0 atom stereocenters. The lowest BCUT2D eigenvalue weighted by Crippen LogP contribution is -2.16. The molecule has 1 aliphatic rings. The summed E-state index contributed by atoms with van der Waals surface area (Å²) in [6.07, 6.45) is 2.77. The van der Waals surface area contributed by atoms with E-state index in [2.05, 4.69) is 30.4 Å². The lowest BCUT2D eigenvalue weighted by molar-refractivity contribution is -0.114. The second kappa shape index (κ2) is 5.57. The summed E-state index contributed by atoms with van der Waals surface area (Å²) < 4.78 is 0. The lowest BCUT2D eigenvalue weighted by Gasteiger charge is -2.06. The summed E-state index contributed by atoms with van der Waals surface area (Å²) in [4.78, 5) is 24.4. The van der Waals surface area contributed by atoms with E-state index in [0.29, 0.717) is 10.6 Å². The summed E-state index contributed by atoms with van der Waals surface area (Å²) in [5.74, 6) is -0.666. The number of amides is 2. The third kappa shape index (κ3) is 2.52. The van der Waals surface area contributed by atoms with Crippen molar-refractivity contribution in [1.29, 1.82) is 0 Å². The first-order chi connectivity index (χ1) is 10.5. The normalized spacial score (nSPS) is 13.0. The van der Waals surface area contributed by atoms with Gasteiger partial charge in [0.05, 0.1) is 5.56 Å². The van der Waals surface area contributed by atoms with Gasteiger partial charge < -0.3 is 11.1 Å². The van der Waals surface area contributed by atoms with Crippen molar-refractivity contribution in [2.75, 3.05) is 5.32 Å². The number of nitrogens with one attached hydrogen (secondary N) is 1. The molecule has 3 N–H and O–H groups in total. The number of aryl methyl sites for hydroxylation is 2. The van der Waals surface area contributed by atoms with Crippen LogP contribution in [0.3, 0.4) is 0 Å². The largest absolute Gasteiger partial charge is 0.365 e. The number of hydrogen-bond donors (Lipinski definition) is 2. The Morgan fingerprint density at radius 2 is 2.05 bits per heavy atom. The quantitative estimate of drug-likeness (QED) is 0.893. The Hall–Kier alpha value is -2.14. The molecule has 1 aromatic carbocycles. The number of fused-ring (bicyclic) bond motifs is 3. The van der Waals surface area contributed by atoms with Crippen molar-refractivity contribution in [2.24, 2.45) is 5.73 Å². The highest BCUT2D eigenvalue weighted by Crippen LogP contribution is 2.44. The Balaban J connectivity index is 2.25. The Morgan fingerprint density at radius 3 is 2.73 bits per heavy atom. The molecule has 1 aromatic heterocycles. The molecule has 0 aliphatic heterocycles. The zero-order valence-corrected chi connectivity index (χ0v) is 13.5. The fourth-order valence-electron chi connectivity index (χ4n) is 3.01. The molecule has 22 heavy (non-hydrogen) atoms. The van der Waals surface area contributed by atoms with E-state index in [0.717, 1.165) is 35.3 Å². The van der Waals surface area contributed by atoms with Crippen molar-refractivity contribution in [3.05, 3.63) is 40.5 Å². The minimum atomic E-state index is -0.475. The molecular formula is C17H18N2O2S. The molecule has 0 radical (unpaired) electrons. The Kier molecular flexibility index (Phi) is 3.74. The smallest absolute Gasteiger partial charge is 0.252 e. The number of rotatable bonds is 2. The molecule has 0 unspecified atom stereocenters. The van der Waals surface area contributed by atoms with E-state index in [9.17, 15) is 9.59 Å². The van der Waals surface area contributed by atoms with Gasteiger partial charge in [-0.1, -0.05) is 23.8 Å². The van der Waals surface area contributed by atoms with Crippen LogP contribution in [0.5, 0.6) is 0 Å². The Bertz CT molecular complexity index is 777. The number of primary amides is 1. The average Bonchev–Trinajstić information content (AvgIpc) is 2.69. The van der Waals surface area contributed by atoms with Gasteiger partial charge in [0, 0.05) is 11.8 Å². The minimum absolute atomic E-state index is 0.191. The number of hydrogen-bond acceptors (Lipinski definition) is 3. The van der Waals surface area contributed by atoms with E-state index in [1.54, 1.807) is 0 Å². The highest BCUT2D eigenvalue weighted by atomic mass is 32.1. The average molecular weight is 314 g/mol.